The minimum absolute atomic E-state index is 0.123. The molecular formula is C18H20N4O4. The molecule has 2 atom stereocenters. The van der Waals surface area contributed by atoms with Gasteiger partial charge in [0.05, 0.1) is 29.0 Å². The zero-order valence-corrected chi connectivity index (χ0v) is 14.6. The number of rotatable bonds is 4. The number of anilines is 2. The molecule has 1 amide bonds. The van der Waals surface area contributed by atoms with E-state index in [1.165, 1.54) is 24.3 Å². The van der Waals surface area contributed by atoms with Gasteiger partial charge in [0, 0.05) is 30.8 Å². The number of carbonyl (C=O) groups is 1. The Morgan fingerprint density at radius 1 is 1.27 bits per heavy atom. The van der Waals surface area contributed by atoms with Crippen molar-refractivity contribution in [3.05, 3.63) is 58.3 Å². The lowest BCUT2D eigenvalue weighted by Gasteiger charge is -2.36. The number of carbonyl (C=O) groups excluding carboxylic acids is 1. The second-order valence-electron chi connectivity index (χ2n) is 6.33. The zero-order valence-electron chi connectivity index (χ0n) is 14.6. The Morgan fingerprint density at radius 2 is 2.00 bits per heavy atom. The highest BCUT2D eigenvalue weighted by molar-refractivity contribution is 6.04. The van der Waals surface area contributed by atoms with Crippen molar-refractivity contribution in [1.29, 1.82) is 0 Å². The molecule has 1 fully saturated rings. The van der Waals surface area contributed by atoms with Crippen LogP contribution in [0.1, 0.15) is 24.2 Å². The zero-order chi connectivity index (χ0) is 18.7. The number of hydrogen-bond donors (Lipinski definition) is 1. The van der Waals surface area contributed by atoms with Crippen molar-refractivity contribution in [2.24, 2.45) is 0 Å². The van der Waals surface area contributed by atoms with Crippen molar-refractivity contribution in [3.63, 3.8) is 0 Å². The van der Waals surface area contributed by atoms with Crippen LogP contribution < -0.4 is 10.2 Å². The summed E-state index contributed by atoms with van der Waals surface area (Å²) in [4.78, 5) is 29.1. The first-order valence-electron chi connectivity index (χ1n) is 8.34. The Balaban J connectivity index is 1.68. The van der Waals surface area contributed by atoms with Gasteiger partial charge >= 0.3 is 0 Å². The summed E-state index contributed by atoms with van der Waals surface area (Å²) in [6.45, 7) is 5.57. The molecule has 136 valence electrons. The number of nitro benzene ring substituents is 1. The van der Waals surface area contributed by atoms with Crippen LogP contribution in [0.3, 0.4) is 0 Å². The molecule has 1 aliphatic heterocycles. The van der Waals surface area contributed by atoms with Crippen molar-refractivity contribution in [3.8, 4) is 0 Å². The van der Waals surface area contributed by atoms with Crippen LogP contribution in [-0.4, -0.2) is 41.1 Å². The standard InChI is InChI=1S/C18H20N4O4/c1-12-10-21(11-13(2)26-12)17-7-6-15(9-19-17)20-18(23)14-4-3-5-16(8-14)22(24)25/h3-9,12-13H,10-11H2,1-2H3,(H,20,23). The van der Waals surface area contributed by atoms with Gasteiger partial charge in [-0.15, -0.1) is 0 Å². The lowest BCUT2D eigenvalue weighted by Crippen LogP contribution is -2.45. The fourth-order valence-electron chi connectivity index (χ4n) is 2.98. The summed E-state index contributed by atoms with van der Waals surface area (Å²) in [7, 11) is 0. The smallest absolute Gasteiger partial charge is 0.270 e. The summed E-state index contributed by atoms with van der Waals surface area (Å²) in [5.74, 6) is 0.400. The molecule has 2 aromatic rings. The van der Waals surface area contributed by atoms with E-state index in [0.717, 1.165) is 18.9 Å². The molecule has 1 aliphatic rings. The van der Waals surface area contributed by atoms with Crippen LogP contribution in [-0.2, 0) is 4.74 Å². The molecule has 0 bridgehead atoms. The number of aromatic nitrogens is 1. The number of hydrogen-bond acceptors (Lipinski definition) is 6. The number of morpholine rings is 1. The molecule has 26 heavy (non-hydrogen) atoms. The molecule has 0 saturated carbocycles. The highest BCUT2D eigenvalue weighted by atomic mass is 16.6. The number of amides is 1. The van der Waals surface area contributed by atoms with E-state index in [1.54, 1.807) is 12.3 Å². The molecule has 0 radical (unpaired) electrons. The Hall–Kier alpha value is -3.00. The number of nitrogens with zero attached hydrogens (tertiary/aromatic N) is 3. The highest BCUT2D eigenvalue weighted by Gasteiger charge is 2.23. The van der Waals surface area contributed by atoms with E-state index in [2.05, 4.69) is 15.2 Å². The summed E-state index contributed by atoms with van der Waals surface area (Å²) in [5.41, 5.74) is 0.625. The summed E-state index contributed by atoms with van der Waals surface area (Å²) in [6.07, 6.45) is 1.85. The number of pyridine rings is 1. The van der Waals surface area contributed by atoms with Crippen molar-refractivity contribution in [2.75, 3.05) is 23.3 Å². The Morgan fingerprint density at radius 3 is 2.62 bits per heavy atom. The summed E-state index contributed by atoms with van der Waals surface area (Å²) >= 11 is 0. The first kappa shape index (κ1) is 17.8. The topological polar surface area (TPSA) is 97.6 Å². The molecule has 2 heterocycles. The molecule has 0 spiro atoms. The largest absolute Gasteiger partial charge is 0.372 e. The number of nitro groups is 1. The second-order valence-corrected chi connectivity index (χ2v) is 6.33. The summed E-state index contributed by atoms with van der Waals surface area (Å²) in [5, 5.41) is 13.5. The van der Waals surface area contributed by atoms with Crippen LogP contribution in [0, 0.1) is 10.1 Å². The van der Waals surface area contributed by atoms with Gasteiger partial charge in [0.25, 0.3) is 11.6 Å². The maximum absolute atomic E-state index is 12.3. The maximum Gasteiger partial charge on any atom is 0.270 e. The van der Waals surface area contributed by atoms with Gasteiger partial charge in [0.15, 0.2) is 0 Å². The minimum Gasteiger partial charge on any atom is -0.372 e. The molecule has 1 aromatic carbocycles. The third-order valence-electron chi connectivity index (χ3n) is 4.07. The normalized spacial score (nSPS) is 19.8. The fraction of sp³-hybridized carbons (Fsp3) is 0.333. The van der Waals surface area contributed by atoms with E-state index in [0.29, 0.717) is 5.69 Å². The average molecular weight is 356 g/mol. The first-order valence-corrected chi connectivity index (χ1v) is 8.34. The van der Waals surface area contributed by atoms with Crippen LogP contribution in [0.25, 0.3) is 0 Å². The summed E-state index contributed by atoms with van der Waals surface area (Å²) < 4.78 is 5.72. The molecule has 1 N–H and O–H groups in total. The van der Waals surface area contributed by atoms with Gasteiger partial charge in [-0.3, -0.25) is 14.9 Å². The Labute approximate surface area is 150 Å². The highest BCUT2D eigenvalue weighted by Crippen LogP contribution is 2.20. The van der Waals surface area contributed by atoms with Crippen LogP contribution in [0.2, 0.25) is 0 Å². The number of nitrogens with one attached hydrogen (secondary N) is 1. The molecule has 0 aliphatic carbocycles. The van der Waals surface area contributed by atoms with Crippen LogP contribution in [0.5, 0.6) is 0 Å². The van der Waals surface area contributed by atoms with Gasteiger partial charge in [0.1, 0.15) is 5.82 Å². The third-order valence-corrected chi connectivity index (χ3v) is 4.07. The SMILES string of the molecule is CC1CN(c2ccc(NC(=O)c3cccc([N+](=O)[O-])c3)cn2)CC(C)O1. The van der Waals surface area contributed by atoms with E-state index in [4.69, 9.17) is 4.74 Å². The molecule has 3 rings (SSSR count). The quantitative estimate of drug-likeness (QED) is 0.668. The lowest BCUT2D eigenvalue weighted by molar-refractivity contribution is -0.384. The maximum atomic E-state index is 12.3. The van der Waals surface area contributed by atoms with E-state index in [1.807, 2.05) is 19.9 Å². The lowest BCUT2D eigenvalue weighted by atomic mass is 10.2. The molecule has 2 unspecified atom stereocenters. The van der Waals surface area contributed by atoms with Crippen molar-refractivity contribution in [2.45, 2.75) is 26.1 Å². The molecular weight excluding hydrogens is 336 g/mol. The fourth-order valence-corrected chi connectivity index (χ4v) is 2.98. The van der Waals surface area contributed by atoms with Crippen molar-refractivity contribution < 1.29 is 14.5 Å². The third kappa shape index (κ3) is 4.15. The molecule has 1 saturated heterocycles. The van der Waals surface area contributed by atoms with Crippen LogP contribution in [0.4, 0.5) is 17.2 Å². The van der Waals surface area contributed by atoms with Gasteiger partial charge in [-0.25, -0.2) is 4.98 Å². The molecule has 1 aromatic heterocycles. The van der Waals surface area contributed by atoms with Gasteiger partial charge < -0.3 is 15.0 Å². The van der Waals surface area contributed by atoms with Crippen LogP contribution >= 0.6 is 0 Å². The van der Waals surface area contributed by atoms with Crippen molar-refractivity contribution in [1.82, 2.24) is 4.98 Å². The van der Waals surface area contributed by atoms with Gasteiger partial charge in [0.2, 0.25) is 0 Å². The minimum atomic E-state index is -0.530. The average Bonchev–Trinajstić information content (AvgIpc) is 2.61. The number of benzene rings is 1. The number of ether oxygens (including phenoxy) is 1. The van der Waals surface area contributed by atoms with Gasteiger partial charge in [-0.1, -0.05) is 6.07 Å². The molecule has 8 heteroatoms. The first-order chi connectivity index (χ1) is 12.4. The Kier molecular flexibility index (Phi) is 5.13. The van der Waals surface area contributed by atoms with E-state index in [9.17, 15) is 14.9 Å². The second kappa shape index (κ2) is 7.49. The number of non-ortho nitro benzene ring substituents is 1. The molecule has 8 nitrogen and oxygen atoms in total. The predicted molar refractivity (Wildman–Crippen MR) is 97.5 cm³/mol. The van der Waals surface area contributed by atoms with Crippen LogP contribution in [0.15, 0.2) is 42.6 Å². The van der Waals surface area contributed by atoms with E-state index in [-0.39, 0.29) is 23.5 Å². The van der Waals surface area contributed by atoms with Crippen molar-refractivity contribution >= 4 is 23.1 Å². The van der Waals surface area contributed by atoms with Gasteiger partial charge in [-0.2, -0.15) is 0 Å². The summed E-state index contributed by atoms with van der Waals surface area (Å²) in [6, 6.07) is 9.21. The van der Waals surface area contributed by atoms with E-state index >= 15 is 0 Å². The Bertz CT molecular complexity index is 799. The van der Waals surface area contributed by atoms with Gasteiger partial charge in [-0.05, 0) is 32.0 Å². The van der Waals surface area contributed by atoms with E-state index < -0.39 is 10.8 Å². The predicted octanol–water partition coefficient (Wildman–Crippen LogP) is 2.86. The monoisotopic (exact) mass is 356 g/mol.